The summed E-state index contributed by atoms with van der Waals surface area (Å²) in [4.78, 5) is 28.7. The van der Waals surface area contributed by atoms with Gasteiger partial charge in [-0.2, -0.15) is 0 Å². The number of halogens is 1. The number of benzene rings is 2. The van der Waals surface area contributed by atoms with Crippen LogP contribution in [0.25, 0.3) is 0 Å². The highest BCUT2D eigenvalue weighted by Gasteiger charge is 2.25. The molecule has 1 aliphatic heterocycles. The number of carbonyl (C=O) groups excluding carboxylic acids is 2. The summed E-state index contributed by atoms with van der Waals surface area (Å²) in [5, 5.41) is 5.39. The summed E-state index contributed by atoms with van der Waals surface area (Å²) in [6, 6.07) is 18.1. The van der Waals surface area contributed by atoms with Crippen molar-refractivity contribution in [2.45, 2.75) is 19.1 Å². The molecule has 0 saturated carbocycles. The van der Waals surface area contributed by atoms with E-state index in [-0.39, 0.29) is 18.4 Å². The fraction of sp³-hybridized carbons (Fsp3) is 0.217. The third-order valence-corrected chi connectivity index (χ3v) is 6.26. The number of carbonyl (C=O) groups is 2. The van der Waals surface area contributed by atoms with Gasteiger partial charge >= 0.3 is 0 Å². The summed E-state index contributed by atoms with van der Waals surface area (Å²) in [7, 11) is 0. The van der Waals surface area contributed by atoms with Gasteiger partial charge in [0.25, 0.3) is 5.91 Å². The number of ether oxygens (including phenoxy) is 1. The van der Waals surface area contributed by atoms with Crippen LogP contribution in [0.15, 0.2) is 66.0 Å². The Labute approximate surface area is 184 Å². The van der Waals surface area contributed by atoms with Gasteiger partial charge in [0.2, 0.25) is 12.0 Å². The number of nitrogens with zero attached hydrogens (tertiary/aromatic N) is 1. The lowest BCUT2D eigenvalue weighted by Crippen LogP contribution is -2.43. The molecule has 4 rings (SSSR count). The zero-order chi connectivity index (χ0) is 20.9. The van der Waals surface area contributed by atoms with Crippen molar-refractivity contribution in [3.05, 3.63) is 87.1 Å². The van der Waals surface area contributed by atoms with E-state index in [1.54, 1.807) is 40.5 Å². The minimum Gasteiger partial charge on any atom is -0.476 e. The molecule has 1 atom stereocenters. The number of amides is 2. The van der Waals surface area contributed by atoms with Crippen LogP contribution in [0.2, 0.25) is 5.02 Å². The predicted octanol–water partition coefficient (Wildman–Crippen LogP) is 4.22. The van der Waals surface area contributed by atoms with E-state index in [1.165, 1.54) is 10.4 Å². The van der Waals surface area contributed by atoms with Crippen molar-refractivity contribution in [1.82, 2.24) is 10.2 Å². The Kier molecular flexibility index (Phi) is 6.35. The lowest BCUT2D eigenvalue weighted by atomic mass is 10.1. The quantitative estimate of drug-likeness (QED) is 0.624. The normalized spacial score (nSPS) is 14.0. The lowest BCUT2D eigenvalue weighted by Gasteiger charge is -2.27. The van der Waals surface area contributed by atoms with Gasteiger partial charge in [-0.05, 0) is 47.7 Å². The van der Waals surface area contributed by atoms with E-state index in [1.807, 2.05) is 30.3 Å². The first kappa shape index (κ1) is 20.4. The van der Waals surface area contributed by atoms with Crippen LogP contribution < -0.4 is 10.1 Å². The van der Waals surface area contributed by atoms with E-state index in [9.17, 15) is 9.59 Å². The first-order chi connectivity index (χ1) is 14.6. The summed E-state index contributed by atoms with van der Waals surface area (Å²) in [5.74, 6) is 0.0620. The Morgan fingerprint density at radius 3 is 2.63 bits per heavy atom. The van der Waals surface area contributed by atoms with Crippen molar-refractivity contribution in [3.63, 3.8) is 0 Å². The number of hydrogen-bond donors (Lipinski definition) is 1. The van der Waals surface area contributed by atoms with E-state index in [0.717, 1.165) is 6.42 Å². The summed E-state index contributed by atoms with van der Waals surface area (Å²) in [6.07, 6.45) is -0.0102. The molecule has 154 valence electrons. The van der Waals surface area contributed by atoms with Crippen molar-refractivity contribution in [2.75, 3.05) is 13.1 Å². The van der Waals surface area contributed by atoms with Crippen molar-refractivity contribution in [2.24, 2.45) is 0 Å². The average molecular weight is 441 g/mol. The highest BCUT2D eigenvalue weighted by Crippen LogP contribution is 2.25. The molecule has 2 amide bonds. The van der Waals surface area contributed by atoms with Crippen LogP contribution in [0.3, 0.4) is 0 Å². The molecular formula is C23H21ClN2O3S. The monoisotopic (exact) mass is 440 g/mol. The van der Waals surface area contributed by atoms with Gasteiger partial charge in [0.1, 0.15) is 5.75 Å². The van der Waals surface area contributed by atoms with Crippen molar-refractivity contribution >= 4 is 34.8 Å². The average Bonchev–Trinajstić information content (AvgIpc) is 3.25. The molecule has 30 heavy (non-hydrogen) atoms. The minimum atomic E-state index is -0.870. The van der Waals surface area contributed by atoms with Gasteiger partial charge in [0.05, 0.1) is 6.54 Å². The van der Waals surface area contributed by atoms with Gasteiger partial charge in [-0.3, -0.25) is 9.59 Å². The zero-order valence-corrected chi connectivity index (χ0v) is 17.8. The SMILES string of the molecule is O=C(NCC(=O)N1CCc2sccc2C1)C(Oc1ccc(Cl)cc1)c1ccccc1. The number of rotatable bonds is 6. The molecule has 5 nitrogen and oxygen atoms in total. The topological polar surface area (TPSA) is 58.6 Å². The van der Waals surface area contributed by atoms with Crippen molar-refractivity contribution in [3.8, 4) is 5.75 Å². The molecular weight excluding hydrogens is 420 g/mol. The Bertz CT molecular complexity index is 1020. The first-order valence-corrected chi connectivity index (χ1v) is 10.9. The van der Waals surface area contributed by atoms with Crippen LogP contribution >= 0.6 is 22.9 Å². The Hall–Kier alpha value is -2.83. The minimum absolute atomic E-state index is 0.0639. The fourth-order valence-electron chi connectivity index (χ4n) is 3.38. The van der Waals surface area contributed by atoms with Gasteiger partial charge in [-0.25, -0.2) is 0 Å². The van der Waals surface area contributed by atoms with Crippen LogP contribution in [0.5, 0.6) is 5.75 Å². The maximum Gasteiger partial charge on any atom is 0.266 e. The highest BCUT2D eigenvalue weighted by molar-refractivity contribution is 7.10. The number of nitrogens with one attached hydrogen (secondary N) is 1. The predicted molar refractivity (Wildman–Crippen MR) is 118 cm³/mol. The summed E-state index contributed by atoms with van der Waals surface area (Å²) in [5.41, 5.74) is 1.90. The standard InChI is InChI=1S/C23H21ClN2O3S/c24-18-6-8-19(9-7-18)29-22(16-4-2-1-3-5-16)23(28)25-14-21(27)26-12-10-20-17(15-26)11-13-30-20/h1-9,11,13,22H,10,12,14-15H2,(H,25,28). The van der Waals surface area contributed by atoms with Crippen molar-refractivity contribution in [1.29, 1.82) is 0 Å². The molecule has 0 aliphatic carbocycles. The number of thiophene rings is 1. The maximum absolute atomic E-state index is 12.9. The van der Waals surface area contributed by atoms with Crippen LogP contribution in [0, 0.1) is 0 Å². The van der Waals surface area contributed by atoms with Gasteiger partial charge in [-0.15, -0.1) is 11.3 Å². The van der Waals surface area contributed by atoms with E-state index in [2.05, 4.69) is 16.8 Å². The second-order valence-corrected chi connectivity index (χ2v) is 8.45. The molecule has 2 heterocycles. The third-order valence-electron chi connectivity index (χ3n) is 4.98. The maximum atomic E-state index is 12.9. The molecule has 1 N–H and O–H groups in total. The Morgan fingerprint density at radius 2 is 1.87 bits per heavy atom. The molecule has 7 heteroatoms. The molecule has 0 radical (unpaired) electrons. The van der Waals surface area contributed by atoms with Gasteiger partial charge in [-0.1, -0.05) is 41.9 Å². The molecule has 3 aromatic rings. The van der Waals surface area contributed by atoms with Crippen LogP contribution in [0.1, 0.15) is 22.1 Å². The number of hydrogen-bond acceptors (Lipinski definition) is 4. The molecule has 0 fully saturated rings. The molecule has 1 aromatic heterocycles. The van der Waals surface area contributed by atoms with E-state index in [0.29, 0.717) is 29.4 Å². The zero-order valence-electron chi connectivity index (χ0n) is 16.2. The van der Waals surface area contributed by atoms with Gasteiger partial charge in [0, 0.05) is 28.6 Å². The van der Waals surface area contributed by atoms with Gasteiger partial charge in [0.15, 0.2) is 0 Å². The van der Waals surface area contributed by atoms with Crippen molar-refractivity contribution < 1.29 is 14.3 Å². The molecule has 1 aliphatic rings. The second-order valence-electron chi connectivity index (χ2n) is 7.01. The summed E-state index contributed by atoms with van der Waals surface area (Å²) in [6.45, 7) is 1.20. The molecule has 0 spiro atoms. The number of fused-ring (bicyclic) bond motifs is 1. The highest BCUT2D eigenvalue weighted by atomic mass is 35.5. The van der Waals surface area contributed by atoms with Crippen LogP contribution in [0.4, 0.5) is 0 Å². The largest absolute Gasteiger partial charge is 0.476 e. The molecule has 2 aromatic carbocycles. The fourth-order valence-corrected chi connectivity index (χ4v) is 4.39. The molecule has 0 saturated heterocycles. The third kappa shape index (κ3) is 4.83. The van der Waals surface area contributed by atoms with E-state index < -0.39 is 6.10 Å². The van der Waals surface area contributed by atoms with Gasteiger partial charge < -0.3 is 15.0 Å². The smallest absolute Gasteiger partial charge is 0.266 e. The van der Waals surface area contributed by atoms with Crippen LogP contribution in [-0.4, -0.2) is 29.8 Å². The summed E-state index contributed by atoms with van der Waals surface area (Å²) >= 11 is 7.66. The summed E-state index contributed by atoms with van der Waals surface area (Å²) < 4.78 is 5.94. The first-order valence-electron chi connectivity index (χ1n) is 9.68. The molecule has 1 unspecified atom stereocenters. The van der Waals surface area contributed by atoms with E-state index >= 15 is 0 Å². The van der Waals surface area contributed by atoms with Crippen LogP contribution in [-0.2, 0) is 22.6 Å². The van der Waals surface area contributed by atoms with E-state index in [4.69, 9.17) is 16.3 Å². The molecule has 0 bridgehead atoms. The Balaban J connectivity index is 1.41. The lowest BCUT2D eigenvalue weighted by molar-refractivity contribution is -0.135. The second kappa shape index (κ2) is 9.32. The Morgan fingerprint density at radius 1 is 1.10 bits per heavy atom.